The Labute approximate surface area is 298 Å². The molecule has 11 aromatic rings. The Balaban J connectivity index is 1.21. The number of furan rings is 1. The average Bonchev–Trinajstić information content (AvgIpc) is 3.77. The molecule has 52 heavy (non-hydrogen) atoms. The highest BCUT2D eigenvalue weighted by Gasteiger charge is 2.20. The number of benzene rings is 7. The van der Waals surface area contributed by atoms with Gasteiger partial charge in [-0.15, -0.1) is 0 Å². The van der Waals surface area contributed by atoms with Gasteiger partial charge in [-0.1, -0.05) is 127 Å². The average molecular weight is 665 g/mol. The minimum atomic E-state index is 0.634. The van der Waals surface area contributed by atoms with Crippen LogP contribution in [0.25, 0.3) is 105 Å². The summed E-state index contributed by atoms with van der Waals surface area (Å²) < 4.78 is 8.62. The van der Waals surface area contributed by atoms with Crippen molar-refractivity contribution in [1.29, 1.82) is 0 Å². The van der Waals surface area contributed by atoms with Crippen molar-refractivity contribution in [1.82, 2.24) is 19.5 Å². The zero-order chi connectivity index (χ0) is 34.2. The number of hydrogen-bond donors (Lipinski definition) is 0. The zero-order valence-corrected chi connectivity index (χ0v) is 27.9. The van der Waals surface area contributed by atoms with Crippen LogP contribution in [0.4, 0.5) is 0 Å². The quantitative estimate of drug-likeness (QED) is 0.176. The van der Waals surface area contributed by atoms with Crippen molar-refractivity contribution < 1.29 is 4.42 Å². The summed E-state index contributed by atoms with van der Waals surface area (Å²) >= 11 is 0. The van der Waals surface area contributed by atoms with Gasteiger partial charge in [0.05, 0.1) is 27.9 Å². The van der Waals surface area contributed by atoms with E-state index in [0.717, 1.165) is 88.5 Å². The van der Waals surface area contributed by atoms with Gasteiger partial charge in [0.1, 0.15) is 17.0 Å². The van der Waals surface area contributed by atoms with E-state index in [4.69, 9.17) is 19.4 Å². The largest absolute Gasteiger partial charge is 0.456 e. The summed E-state index contributed by atoms with van der Waals surface area (Å²) in [7, 11) is 0. The van der Waals surface area contributed by atoms with Gasteiger partial charge in [0, 0.05) is 60.5 Å². The van der Waals surface area contributed by atoms with Crippen LogP contribution in [0.2, 0.25) is 0 Å². The van der Waals surface area contributed by atoms with Gasteiger partial charge in [-0.3, -0.25) is 4.57 Å². The highest BCUT2D eigenvalue weighted by molar-refractivity contribution is 6.28. The lowest BCUT2D eigenvalue weighted by Crippen LogP contribution is -2.02. The second-order valence-corrected chi connectivity index (χ2v) is 13.2. The Morgan fingerprint density at radius 2 is 1.04 bits per heavy atom. The number of nitrogens with zero attached hydrogens (tertiary/aromatic N) is 4. The van der Waals surface area contributed by atoms with Crippen LogP contribution >= 0.6 is 0 Å². The van der Waals surface area contributed by atoms with E-state index in [0.29, 0.717) is 5.82 Å². The van der Waals surface area contributed by atoms with E-state index in [1.807, 2.05) is 36.4 Å². The maximum Gasteiger partial charge on any atom is 0.162 e. The molecule has 0 amide bonds. The molecule has 5 nitrogen and oxygen atoms in total. The van der Waals surface area contributed by atoms with Crippen molar-refractivity contribution in [3.05, 3.63) is 170 Å². The molecule has 0 radical (unpaired) electrons. The van der Waals surface area contributed by atoms with Gasteiger partial charge in [0.15, 0.2) is 5.82 Å². The van der Waals surface area contributed by atoms with Crippen molar-refractivity contribution in [2.75, 3.05) is 0 Å². The smallest absolute Gasteiger partial charge is 0.162 e. The van der Waals surface area contributed by atoms with Crippen LogP contribution < -0.4 is 0 Å². The van der Waals surface area contributed by atoms with Crippen LogP contribution in [-0.4, -0.2) is 19.5 Å². The molecule has 0 spiro atoms. The first-order chi connectivity index (χ1) is 25.8. The predicted octanol–water partition coefficient (Wildman–Crippen LogP) is 12.2. The molecule has 4 heterocycles. The van der Waals surface area contributed by atoms with Crippen LogP contribution in [0.15, 0.2) is 174 Å². The first-order valence-electron chi connectivity index (χ1n) is 17.5. The second-order valence-electron chi connectivity index (χ2n) is 13.2. The molecule has 242 valence electrons. The van der Waals surface area contributed by atoms with Crippen molar-refractivity contribution in [2.45, 2.75) is 0 Å². The van der Waals surface area contributed by atoms with Gasteiger partial charge in [-0.25, -0.2) is 15.0 Å². The van der Waals surface area contributed by atoms with Gasteiger partial charge in [-0.05, 0) is 36.4 Å². The van der Waals surface area contributed by atoms with Crippen LogP contribution in [0.5, 0.6) is 0 Å². The Hall–Kier alpha value is -7.11. The lowest BCUT2D eigenvalue weighted by Gasteiger charge is -2.14. The molecular formula is C47H28N4O. The molecule has 0 fully saturated rings. The molecule has 0 aliphatic heterocycles. The lowest BCUT2D eigenvalue weighted by molar-refractivity contribution is 0.669. The van der Waals surface area contributed by atoms with Crippen LogP contribution in [0.1, 0.15) is 0 Å². The fraction of sp³-hybridized carbons (Fsp3) is 0. The topological polar surface area (TPSA) is 56.7 Å². The van der Waals surface area contributed by atoms with E-state index in [2.05, 4.69) is 138 Å². The van der Waals surface area contributed by atoms with E-state index in [-0.39, 0.29) is 0 Å². The van der Waals surface area contributed by atoms with Crippen LogP contribution in [0.3, 0.4) is 0 Å². The van der Waals surface area contributed by atoms with Gasteiger partial charge in [0.2, 0.25) is 0 Å². The first-order valence-corrected chi connectivity index (χ1v) is 17.5. The standard InChI is InChI=1S/C47H28N4O/c1-3-13-29(14-4-1)37-28-43(51-39-20-10-7-17-32(39)33-18-8-11-21-40(33)51)50-47(49-37)31-23-24-34-38(27-31)48-46(30-15-5-2-6-16-30)36-25-26-42-45(44(34)36)35-19-9-12-22-41(35)52-42/h1-28H. The summed E-state index contributed by atoms with van der Waals surface area (Å²) in [5.41, 5.74) is 9.56. The van der Waals surface area contributed by atoms with Crippen molar-refractivity contribution >= 4 is 65.4 Å². The number of aromatic nitrogens is 4. The molecule has 0 aliphatic carbocycles. The number of rotatable bonds is 4. The maximum atomic E-state index is 6.37. The lowest BCUT2D eigenvalue weighted by atomic mass is 9.95. The Morgan fingerprint density at radius 3 is 1.79 bits per heavy atom. The minimum Gasteiger partial charge on any atom is -0.456 e. The highest BCUT2D eigenvalue weighted by Crippen LogP contribution is 2.42. The van der Waals surface area contributed by atoms with Crippen molar-refractivity contribution in [2.24, 2.45) is 0 Å². The summed E-state index contributed by atoms with van der Waals surface area (Å²) in [5, 5.41) is 7.83. The summed E-state index contributed by atoms with van der Waals surface area (Å²) in [5.74, 6) is 1.44. The summed E-state index contributed by atoms with van der Waals surface area (Å²) in [4.78, 5) is 15.9. The van der Waals surface area contributed by atoms with Crippen molar-refractivity contribution in [3.63, 3.8) is 0 Å². The van der Waals surface area contributed by atoms with E-state index in [1.165, 1.54) is 10.8 Å². The minimum absolute atomic E-state index is 0.634. The van der Waals surface area contributed by atoms with E-state index < -0.39 is 0 Å². The van der Waals surface area contributed by atoms with Crippen molar-refractivity contribution in [3.8, 4) is 39.7 Å². The first kappa shape index (κ1) is 28.7. The molecule has 0 N–H and O–H groups in total. The molecule has 0 aliphatic rings. The molecule has 0 saturated carbocycles. The van der Waals surface area contributed by atoms with Gasteiger partial charge >= 0.3 is 0 Å². The van der Waals surface area contributed by atoms with Gasteiger partial charge in [0.25, 0.3) is 0 Å². The van der Waals surface area contributed by atoms with Gasteiger partial charge in [-0.2, -0.15) is 0 Å². The molecule has 7 aromatic carbocycles. The summed E-state index contributed by atoms with van der Waals surface area (Å²) in [6.07, 6.45) is 0. The zero-order valence-electron chi connectivity index (χ0n) is 27.9. The molecule has 0 saturated heterocycles. The fourth-order valence-electron chi connectivity index (χ4n) is 7.87. The second kappa shape index (κ2) is 11.2. The third kappa shape index (κ3) is 4.33. The molecule has 5 heteroatoms. The SMILES string of the molecule is c1ccc(-c2cc(-n3c4ccccc4c4ccccc43)nc(-c3ccc4c(c3)nc(-c3ccccc3)c3ccc5oc6ccccc6c5c34)n2)cc1. The van der Waals surface area contributed by atoms with Crippen LogP contribution in [0, 0.1) is 0 Å². The molecule has 0 bridgehead atoms. The number of fused-ring (bicyclic) bond motifs is 10. The Bertz CT molecular complexity index is 3130. The van der Waals surface area contributed by atoms with E-state index in [9.17, 15) is 0 Å². The maximum absolute atomic E-state index is 6.37. The highest BCUT2D eigenvalue weighted by atomic mass is 16.3. The number of para-hydroxylation sites is 3. The molecular weight excluding hydrogens is 637 g/mol. The number of pyridine rings is 1. The third-order valence-electron chi connectivity index (χ3n) is 10.2. The molecule has 4 aromatic heterocycles. The van der Waals surface area contributed by atoms with Gasteiger partial charge < -0.3 is 4.42 Å². The normalized spacial score (nSPS) is 11.8. The molecule has 11 rings (SSSR count). The monoisotopic (exact) mass is 664 g/mol. The summed E-state index contributed by atoms with van der Waals surface area (Å²) in [6.45, 7) is 0. The van der Waals surface area contributed by atoms with Crippen LogP contribution in [-0.2, 0) is 0 Å². The Kier molecular flexibility index (Phi) is 6.18. The molecule has 0 unspecified atom stereocenters. The number of hydrogen-bond acceptors (Lipinski definition) is 4. The molecule has 0 atom stereocenters. The fourth-order valence-corrected chi connectivity index (χ4v) is 7.87. The van der Waals surface area contributed by atoms with E-state index in [1.54, 1.807) is 0 Å². The Morgan fingerprint density at radius 1 is 0.404 bits per heavy atom. The predicted molar refractivity (Wildman–Crippen MR) is 213 cm³/mol. The third-order valence-corrected chi connectivity index (χ3v) is 10.2. The summed E-state index contributed by atoms with van der Waals surface area (Å²) in [6, 6.07) is 58.8. The van der Waals surface area contributed by atoms with E-state index >= 15 is 0 Å².